The van der Waals surface area contributed by atoms with Crippen LogP contribution in [0.25, 0.3) is 0 Å². The zero-order valence-corrected chi connectivity index (χ0v) is 11.4. The van der Waals surface area contributed by atoms with E-state index in [0.717, 1.165) is 11.3 Å². The number of benzene rings is 1. The monoisotopic (exact) mass is 253 g/mol. The molecule has 3 nitrogen and oxygen atoms in total. The maximum absolute atomic E-state index is 11.9. The highest BCUT2D eigenvalue weighted by Crippen LogP contribution is 2.07. The van der Waals surface area contributed by atoms with Gasteiger partial charge < -0.3 is 4.74 Å². The van der Waals surface area contributed by atoms with E-state index >= 15 is 0 Å². The third-order valence-corrected chi connectivity index (χ3v) is 3.09. The van der Waals surface area contributed by atoms with Crippen molar-refractivity contribution in [2.24, 2.45) is 0 Å². The second-order valence-electron chi connectivity index (χ2n) is 4.03. The third-order valence-electron chi connectivity index (χ3n) is 2.44. The molecule has 0 radical (unpaired) electrons. The molecule has 0 saturated carbocycles. The summed E-state index contributed by atoms with van der Waals surface area (Å²) < 4.78 is 5.31. The van der Waals surface area contributed by atoms with Crippen molar-refractivity contribution >= 4 is 17.7 Å². The van der Waals surface area contributed by atoms with Crippen LogP contribution in [0.1, 0.15) is 5.56 Å². The minimum Gasteiger partial charge on any atom is -0.460 e. The molecule has 0 fully saturated rings. The average molecular weight is 253 g/mol. The Morgan fingerprint density at radius 2 is 2.00 bits per heavy atom. The number of hydrogen-bond acceptors (Lipinski definition) is 4. The van der Waals surface area contributed by atoms with Gasteiger partial charge in [-0.3, -0.25) is 9.69 Å². The number of rotatable bonds is 6. The van der Waals surface area contributed by atoms with Gasteiger partial charge in [0.25, 0.3) is 0 Å². The Kier molecular flexibility index (Phi) is 6.08. The van der Waals surface area contributed by atoms with E-state index in [1.807, 2.05) is 55.6 Å². The molecule has 1 aromatic carbocycles. The van der Waals surface area contributed by atoms with Gasteiger partial charge in [0.1, 0.15) is 12.6 Å². The van der Waals surface area contributed by atoms with Crippen molar-refractivity contribution in [1.29, 1.82) is 0 Å². The van der Waals surface area contributed by atoms with Gasteiger partial charge in [-0.2, -0.15) is 11.8 Å². The first-order chi connectivity index (χ1) is 8.15. The SMILES string of the molecule is CSC[C@@H](C(=O)OCc1ccccc1)N(C)C. The van der Waals surface area contributed by atoms with Crippen molar-refractivity contribution in [3.8, 4) is 0 Å². The summed E-state index contributed by atoms with van der Waals surface area (Å²) in [6, 6.07) is 9.55. The highest BCUT2D eigenvalue weighted by molar-refractivity contribution is 7.98. The molecule has 0 aromatic heterocycles. The summed E-state index contributed by atoms with van der Waals surface area (Å²) in [4.78, 5) is 13.8. The third kappa shape index (κ3) is 4.79. The Morgan fingerprint density at radius 3 is 2.53 bits per heavy atom. The Morgan fingerprint density at radius 1 is 1.35 bits per heavy atom. The van der Waals surface area contributed by atoms with E-state index in [4.69, 9.17) is 4.74 Å². The van der Waals surface area contributed by atoms with Crippen LogP contribution in [0.4, 0.5) is 0 Å². The minimum atomic E-state index is -0.172. The predicted molar refractivity (Wildman–Crippen MR) is 72.1 cm³/mol. The number of thioether (sulfide) groups is 1. The lowest BCUT2D eigenvalue weighted by atomic mass is 10.2. The van der Waals surface area contributed by atoms with Crippen molar-refractivity contribution in [2.45, 2.75) is 12.6 Å². The van der Waals surface area contributed by atoms with Crippen LogP contribution < -0.4 is 0 Å². The minimum absolute atomic E-state index is 0.159. The van der Waals surface area contributed by atoms with E-state index in [2.05, 4.69) is 0 Å². The quantitative estimate of drug-likeness (QED) is 0.726. The molecule has 0 aliphatic carbocycles. The largest absolute Gasteiger partial charge is 0.460 e. The number of ether oxygens (including phenoxy) is 1. The molecule has 0 amide bonds. The molecular formula is C13H19NO2S. The molecule has 0 N–H and O–H groups in total. The van der Waals surface area contributed by atoms with Gasteiger partial charge in [0.2, 0.25) is 0 Å². The molecule has 0 unspecified atom stereocenters. The van der Waals surface area contributed by atoms with Crippen molar-refractivity contribution in [1.82, 2.24) is 4.90 Å². The van der Waals surface area contributed by atoms with Gasteiger partial charge in [-0.15, -0.1) is 0 Å². The number of nitrogens with zero attached hydrogens (tertiary/aromatic N) is 1. The first kappa shape index (κ1) is 14.1. The molecule has 0 bridgehead atoms. The average Bonchev–Trinajstić information content (AvgIpc) is 2.34. The standard InChI is InChI=1S/C13H19NO2S/c1-14(2)12(10-17-3)13(15)16-9-11-7-5-4-6-8-11/h4-8,12H,9-10H2,1-3H3/t12-/m0/s1. The van der Waals surface area contributed by atoms with Crippen molar-refractivity contribution < 1.29 is 9.53 Å². The zero-order valence-electron chi connectivity index (χ0n) is 10.6. The van der Waals surface area contributed by atoms with Crippen molar-refractivity contribution in [2.75, 3.05) is 26.1 Å². The number of esters is 1. The molecule has 94 valence electrons. The Hall–Kier alpha value is -1.00. The lowest BCUT2D eigenvalue weighted by Gasteiger charge is -2.21. The number of carbonyl (C=O) groups is 1. The van der Waals surface area contributed by atoms with Crippen LogP contribution in [0.15, 0.2) is 30.3 Å². The molecule has 0 spiro atoms. The molecule has 0 heterocycles. The summed E-state index contributed by atoms with van der Waals surface area (Å²) in [6.07, 6.45) is 1.99. The van der Waals surface area contributed by atoms with Gasteiger partial charge in [-0.1, -0.05) is 30.3 Å². The highest BCUT2D eigenvalue weighted by atomic mass is 32.2. The first-order valence-corrected chi connectivity index (χ1v) is 6.90. The smallest absolute Gasteiger partial charge is 0.324 e. The Labute approximate surface area is 107 Å². The van der Waals surface area contributed by atoms with Crippen molar-refractivity contribution in [3.05, 3.63) is 35.9 Å². The van der Waals surface area contributed by atoms with Crippen LogP contribution >= 0.6 is 11.8 Å². The fourth-order valence-electron chi connectivity index (χ4n) is 1.41. The molecule has 4 heteroatoms. The van der Waals surface area contributed by atoms with Gasteiger partial charge in [0.05, 0.1) is 0 Å². The van der Waals surface area contributed by atoms with Gasteiger partial charge in [-0.25, -0.2) is 0 Å². The molecule has 1 rings (SSSR count). The molecule has 0 aliphatic heterocycles. The number of carbonyl (C=O) groups excluding carboxylic acids is 1. The number of hydrogen-bond donors (Lipinski definition) is 0. The molecular weight excluding hydrogens is 234 g/mol. The van der Waals surface area contributed by atoms with E-state index in [1.54, 1.807) is 11.8 Å². The lowest BCUT2D eigenvalue weighted by Crippen LogP contribution is -2.39. The number of likely N-dealkylation sites (N-methyl/N-ethyl adjacent to an activating group) is 1. The van der Waals surface area contributed by atoms with E-state index in [-0.39, 0.29) is 12.0 Å². The second kappa shape index (κ2) is 7.35. The van der Waals surface area contributed by atoms with Crippen LogP contribution in [0.3, 0.4) is 0 Å². The van der Waals surface area contributed by atoms with Crippen LogP contribution in [-0.2, 0) is 16.1 Å². The van der Waals surface area contributed by atoms with Crippen LogP contribution in [0.2, 0.25) is 0 Å². The van der Waals surface area contributed by atoms with E-state index in [9.17, 15) is 4.79 Å². The topological polar surface area (TPSA) is 29.5 Å². The summed E-state index contributed by atoms with van der Waals surface area (Å²) in [7, 11) is 3.79. The first-order valence-electron chi connectivity index (χ1n) is 5.51. The van der Waals surface area contributed by atoms with Crippen molar-refractivity contribution in [3.63, 3.8) is 0 Å². The van der Waals surface area contributed by atoms with Gasteiger partial charge in [0, 0.05) is 5.75 Å². The lowest BCUT2D eigenvalue weighted by molar-refractivity contribution is -0.149. The predicted octanol–water partition coefficient (Wildman–Crippen LogP) is 2.02. The van der Waals surface area contributed by atoms with Crippen LogP contribution in [-0.4, -0.2) is 43.0 Å². The molecule has 17 heavy (non-hydrogen) atoms. The fourth-order valence-corrected chi connectivity index (χ4v) is 2.16. The van der Waals surface area contributed by atoms with Crippen LogP contribution in [0, 0.1) is 0 Å². The van der Waals surface area contributed by atoms with E-state index in [1.165, 1.54) is 0 Å². The fraction of sp³-hybridized carbons (Fsp3) is 0.462. The maximum atomic E-state index is 11.9. The molecule has 1 atom stereocenters. The summed E-state index contributed by atoms with van der Waals surface area (Å²) >= 11 is 1.65. The molecule has 1 aromatic rings. The van der Waals surface area contributed by atoms with Crippen LogP contribution in [0.5, 0.6) is 0 Å². The van der Waals surface area contributed by atoms with E-state index in [0.29, 0.717) is 6.61 Å². The summed E-state index contributed by atoms with van der Waals surface area (Å²) in [6.45, 7) is 0.346. The zero-order chi connectivity index (χ0) is 12.7. The summed E-state index contributed by atoms with van der Waals surface area (Å²) in [5.74, 6) is 0.592. The summed E-state index contributed by atoms with van der Waals surface area (Å²) in [5, 5.41) is 0. The van der Waals surface area contributed by atoms with Gasteiger partial charge in [0.15, 0.2) is 0 Å². The molecule has 0 saturated heterocycles. The Balaban J connectivity index is 2.47. The second-order valence-corrected chi connectivity index (χ2v) is 4.94. The highest BCUT2D eigenvalue weighted by Gasteiger charge is 2.21. The normalized spacial score (nSPS) is 12.5. The van der Waals surface area contributed by atoms with Gasteiger partial charge in [-0.05, 0) is 25.9 Å². The van der Waals surface area contributed by atoms with E-state index < -0.39 is 0 Å². The van der Waals surface area contributed by atoms with Gasteiger partial charge >= 0.3 is 5.97 Å². The summed E-state index contributed by atoms with van der Waals surface area (Å²) in [5.41, 5.74) is 1.02. The maximum Gasteiger partial charge on any atom is 0.324 e. The molecule has 0 aliphatic rings. The Bertz CT molecular complexity index is 341.